The molecule has 3 heteroatoms. The second-order valence-electron chi connectivity index (χ2n) is 5.18. The van der Waals surface area contributed by atoms with Crippen LogP contribution in [0.5, 0.6) is 0 Å². The van der Waals surface area contributed by atoms with E-state index in [9.17, 15) is 0 Å². The van der Waals surface area contributed by atoms with Gasteiger partial charge in [-0.3, -0.25) is 4.98 Å². The Kier molecular flexibility index (Phi) is 3.91. The van der Waals surface area contributed by atoms with Gasteiger partial charge in [-0.05, 0) is 55.4 Å². The number of pyridine rings is 1. The van der Waals surface area contributed by atoms with E-state index in [1.807, 2.05) is 38.2 Å². The van der Waals surface area contributed by atoms with Gasteiger partial charge in [-0.25, -0.2) is 0 Å². The summed E-state index contributed by atoms with van der Waals surface area (Å²) in [5.41, 5.74) is 4.43. The first-order valence-electron chi connectivity index (χ1n) is 6.97. The van der Waals surface area contributed by atoms with Crippen LogP contribution in [0.4, 0.5) is 0 Å². The molecule has 0 aliphatic heterocycles. The van der Waals surface area contributed by atoms with Crippen LogP contribution in [0, 0.1) is 6.92 Å². The lowest BCUT2D eigenvalue weighted by Gasteiger charge is -2.18. The standard InChI is InChI=1S/C18H17ClN2/c1-12-6-7-13-10-15(8-9-17(13)21-12)18(20-2)14-4-3-5-16(19)11-14/h3-11,18,20H,1-2H3. The number of aromatic nitrogens is 1. The molecular formula is C18H17ClN2. The molecule has 0 amide bonds. The van der Waals surface area contributed by atoms with Gasteiger partial charge in [-0.1, -0.05) is 35.9 Å². The number of halogens is 1. The summed E-state index contributed by atoms with van der Waals surface area (Å²) in [5, 5.41) is 5.27. The van der Waals surface area contributed by atoms with Gasteiger partial charge in [0.15, 0.2) is 0 Å². The van der Waals surface area contributed by atoms with Crippen molar-refractivity contribution < 1.29 is 0 Å². The first-order valence-corrected chi connectivity index (χ1v) is 7.35. The molecule has 3 aromatic rings. The highest BCUT2D eigenvalue weighted by molar-refractivity contribution is 6.30. The molecule has 0 spiro atoms. The van der Waals surface area contributed by atoms with E-state index in [4.69, 9.17) is 11.6 Å². The van der Waals surface area contributed by atoms with Crippen LogP contribution in [0.2, 0.25) is 5.02 Å². The quantitative estimate of drug-likeness (QED) is 0.769. The summed E-state index contributed by atoms with van der Waals surface area (Å²) in [6, 6.07) is 18.6. The summed E-state index contributed by atoms with van der Waals surface area (Å²) >= 11 is 6.11. The lowest BCUT2D eigenvalue weighted by molar-refractivity contribution is 0.693. The van der Waals surface area contributed by atoms with Crippen molar-refractivity contribution in [1.29, 1.82) is 0 Å². The van der Waals surface area contributed by atoms with Crippen LogP contribution < -0.4 is 5.32 Å². The molecule has 0 aliphatic carbocycles. The van der Waals surface area contributed by atoms with Crippen molar-refractivity contribution >= 4 is 22.5 Å². The largest absolute Gasteiger partial charge is 0.309 e. The Hall–Kier alpha value is -1.90. The number of hydrogen-bond acceptors (Lipinski definition) is 2. The number of hydrogen-bond donors (Lipinski definition) is 1. The summed E-state index contributed by atoms with van der Waals surface area (Å²) in [6.45, 7) is 2.01. The molecule has 1 aromatic heterocycles. The van der Waals surface area contributed by atoms with E-state index >= 15 is 0 Å². The maximum absolute atomic E-state index is 6.11. The van der Waals surface area contributed by atoms with Gasteiger partial charge in [0.2, 0.25) is 0 Å². The maximum Gasteiger partial charge on any atom is 0.0705 e. The zero-order valence-electron chi connectivity index (χ0n) is 12.1. The molecule has 0 radical (unpaired) electrons. The summed E-state index contributed by atoms with van der Waals surface area (Å²) in [4.78, 5) is 4.55. The second kappa shape index (κ2) is 5.84. The summed E-state index contributed by atoms with van der Waals surface area (Å²) in [7, 11) is 1.96. The molecule has 1 heterocycles. The van der Waals surface area contributed by atoms with E-state index in [1.165, 1.54) is 5.56 Å². The maximum atomic E-state index is 6.11. The van der Waals surface area contributed by atoms with Crippen molar-refractivity contribution in [2.24, 2.45) is 0 Å². The highest BCUT2D eigenvalue weighted by Crippen LogP contribution is 2.26. The zero-order chi connectivity index (χ0) is 14.8. The Labute approximate surface area is 129 Å². The molecule has 0 saturated carbocycles. The fourth-order valence-corrected chi connectivity index (χ4v) is 2.84. The molecule has 3 rings (SSSR count). The average molecular weight is 297 g/mol. The third-order valence-corrected chi connectivity index (χ3v) is 3.89. The van der Waals surface area contributed by atoms with Gasteiger partial charge in [-0.15, -0.1) is 0 Å². The number of nitrogens with one attached hydrogen (secondary N) is 1. The predicted molar refractivity (Wildman–Crippen MR) is 88.8 cm³/mol. The van der Waals surface area contributed by atoms with Crippen LogP contribution in [0.15, 0.2) is 54.6 Å². The normalized spacial score (nSPS) is 12.5. The molecule has 0 saturated heterocycles. The smallest absolute Gasteiger partial charge is 0.0705 e. The number of nitrogens with zero attached hydrogens (tertiary/aromatic N) is 1. The van der Waals surface area contributed by atoms with Crippen molar-refractivity contribution in [3.63, 3.8) is 0 Å². The van der Waals surface area contributed by atoms with Crippen LogP contribution in [-0.4, -0.2) is 12.0 Å². The number of benzene rings is 2. The van der Waals surface area contributed by atoms with E-state index in [0.717, 1.165) is 27.2 Å². The van der Waals surface area contributed by atoms with E-state index in [2.05, 4.69) is 40.6 Å². The van der Waals surface area contributed by atoms with E-state index in [1.54, 1.807) is 0 Å². The minimum absolute atomic E-state index is 0.120. The van der Waals surface area contributed by atoms with Gasteiger partial charge >= 0.3 is 0 Å². The lowest BCUT2D eigenvalue weighted by Crippen LogP contribution is -2.17. The summed E-state index contributed by atoms with van der Waals surface area (Å²) < 4.78 is 0. The highest BCUT2D eigenvalue weighted by atomic mass is 35.5. The molecule has 0 fully saturated rings. The van der Waals surface area contributed by atoms with Gasteiger partial charge in [0, 0.05) is 16.1 Å². The van der Waals surface area contributed by atoms with Gasteiger partial charge in [0.1, 0.15) is 0 Å². The highest BCUT2D eigenvalue weighted by Gasteiger charge is 2.12. The van der Waals surface area contributed by atoms with Gasteiger partial charge in [0.05, 0.1) is 11.6 Å². The molecule has 1 unspecified atom stereocenters. The van der Waals surface area contributed by atoms with Crippen LogP contribution >= 0.6 is 11.6 Å². The Morgan fingerprint density at radius 1 is 1.00 bits per heavy atom. The van der Waals surface area contributed by atoms with Gasteiger partial charge in [-0.2, -0.15) is 0 Å². The fraction of sp³-hybridized carbons (Fsp3) is 0.167. The average Bonchev–Trinajstić information content (AvgIpc) is 2.48. The van der Waals surface area contributed by atoms with Crippen molar-refractivity contribution in [3.05, 3.63) is 76.4 Å². The molecule has 0 bridgehead atoms. The van der Waals surface area contributed by atoms with Crippen molar-refractivity contribution in [2.45, 2.75) is 13.0 Å². The summed E-state index contributed by atoms with van der Waals surface area (Å²) in [5.74, 6) is 0. The third-order valence-electron chi connectivity index (χ3n) is 3.66. The molecule has 1 atom stereocenters. The zero-order valence-corrected chi connectivity index (χ0v) is 12.9. The first kappa shape index (κ1) is 14.1. The van der Waals surface area contributed by atoms with Gasteiger partial charge in [0.25, 0.3) is 0 Å². The number of rotatable bonds is 3. The van der Waals surface area contributed by atoms with Crippen LogP contribution in [0.25, 0.3) is 10.9 Å². The molecule has 106 valence electrons. The van der Waals surface area contributed by atoms with Crippen molar-refractivity contribution in [2.75, 3.05) is 7.05 Å². The molecular weight excluding hydrogens is 280 g/mol. The third kappa shape index (κ3) is 2.92. The Morgan fingerprint density at radius 2 is 1.81 bits per heavy atom. The van der Waals surface area contributed by atoms with E-state index in [0.29, 0.717) is 0 Å². The van der Waals surface area contributed by atoms with E-state index < -0.39 is 0 Å². The molecule has 1 N–H and O–H groups in total. The lowest BCUT2D eigenvalue weighted by atomic mass is 9.97. The van der Waals surface area contributed by atoms with Crippen LogP contribution in [-0.2, 0) is 0 Å². The molecule has 2 aromatic carbocycles. The minimum Gasteiger partial charge on any atom is -0.309 e. The summed E-state index contributed by atoms with van der Waals surface area (Å²) in [6.07, 6.45) is 0. The van der Waals surface area contributed by atoms with Gasteiger partial charge < -0.3 is 5.32 Å². The number of fused-ring (bicyclic) bond motifs is 1. The predicted octanol–water partition coefficient (Wildman–Crippen LogP) is 4.51. The minimum atomic E-state index is 0.120. The first-order chi connectivity index (χ1) is 10.2. The van der Waals surface area contributed by atoms with Crippen molar-refractivity contribution in [1.82, 2.24) is 10.3 Å². The SMILES string of the molecule is CNC(c1cccc(Cl)c1)c1ccc2nc(C)ccc2c1. The molecule has 0 aliphatic rings. The van der Waals surface area contributed by atoms with Crippen LogP contribution in [0.1, 0.15) is 22.9 Å². The Balaban J connectivity index is 2.06. The molecule has 21 heavy (non-hydrogen) atoms. The Bertz CT molecular complexity index is 783. The molecule has 2 nitrogen and oxygen atoms in total. The van der Waals surface area contributed by atoms with E-state index in [-0.39, 0.29) is 6.04 Å². The Morgan fingerprint density at radius 3 is 2.57 bits per heavy atom. The number of aryl methyl sites for hydroxylation is 1. The van der Waals surface area contributed by atoms with Crippen molar-refractivity contribution in [3.8, 4) is 0 Å². The topological polar surface area (TPSA) is 24.9 Å². The monoisotopic (exact) mass is 296 g/mol. The van der Waals surface area contributed by atoms with Crippen LogP contribution in [0.3, 0.4) is 0 Å². The fourth-order valence-electron chi connectivity index (χ4n) is 2.64. The second-order valence-corrected chi connectivity index (χ2v) is 5.62.